The zero-order valence-electron chi connectivity index (χ0n) is 10.4. The summed E-state index contributed by atoms with van der Waals surface area (Å²) in [7, 11) is 1.76. The van der Waals surface area contributed by atoms with Crippen molar-refractivity contribution in [3.05, 3.63) is 17.7 Å². The number of halogens is 3. The zero-order valence-corrected chi connectivity index (χ0v) is 11.2. The van der Waals surface area contributed by atoms with Gasteiger partial charge in [-0.05, 0) is 24.3 Å². The fourth-order valence-electron chi connectivity index (χ4n) is 1.95. The van der Waals surface area contributed by atoms with Gasteiger partial charge in [-0.15, -0.1) is 0 Å². The second-order valence-electron chi connectivity index (χ2n) is 4.37. The molecule has 1 unspecified atom stereocenters. The number of anilines is 2. The van der Waals surface area contributed by atoms with E-state index in [1.165, 1.54) is 0 Å². The number of hydrogen-bond donors (Lipinski definition) is 2. The van der Waals surface area contributed by atoms with E-state index >= 15 is 0 Å². The van der Waals surface area contributed by atoms with Crippen molar-refractivity contribution in [1.29, 1.82) is 0 Å². The highest BCUT2D eigenvalue weighted by Crippen LogP contribution is 2.34. The lowest BCUT2D eigenvalue weighted by atomic mass is 10.2. The molecular formula is C11H15F3N4S. The van der Waals surface area contributed by atoms with Crippen molar-refractivity contribution >= 4 is 23.4 Å². The van der Waals surface area contributed by atoms with Gasteiger partial charge in [0.25, 0.3) is 0 Å². The maximum Gasteiger partial charge on any atom is 0.416 e. The minimum atomic E-state index is -4.41. The van der Waals surface area contributed by atoms with Crippen LogP contribution in [-0.4, -0.2) is 29.6 Å². The smallest absolute Gasteiger partial charge is 0.356 e. The lowest BCUT2D eigenvalue weighted by Gasteiger charge is -2.26. The van der Waals surface area contributed by atoms with Crippen LogP contribution in [0.3, 0.4) is 0 Å². The maximum absolute atomic E-state index is 12.8. The molecule has 0 saturated carbocycles. The molecule has 1 fully saturated rings. The van der Waals surface area contributed by atoms with E-state index in [9.17, 15) is 13.2 Å². The minimum Gasteiger partial charge on any atom is -0.356 e. The molecule has 1 atom stereocenters. The summed E-state index contributed by atoms with van der Waals surface area (Å²) in [6.07, 6.45) is -3.46. The van der Waals surface area contributed by atoms with Gasteiger partial charge in [-0.2, -0.15) is 24.9 Å². The van der Waals surface area contributed by atoms with E-state index in [4.69, 9.17) is 5.84 Å². The van der Waals surface area contributed by atoms with E-state index in [0.717, 1.165) is 30.1 Å². The van der Waals surface area contributed by atoms with E-state index < -0.39 is 11.7 Å². The number of nitrogens with zero attached hydrogens (tertiary/aromatic N) is 2. The molecule has 0 aromatic carbocycles. The van der Waals surface area contributed by atoms with Gasteiger partial charge in [0.05, 0.1) is 5.56 Å². The molecule has 0 amide bonds. The number of hydrazine groups is 1. The predicted octanol–water partition coefficient (Wildman–Crippen LogP) is 2.33. The Morgan fingerprint density at radius 1 is 1.47 bits per heavy atom. The largest absolute Gasteiger partial charge is 0.416 e. The summed E-state index contributed by atoms with van der Waals surface area (Å²) in [6, 6.07) is 2.18. The number of nitrogens with two attached hydrogens (primary N) is 1. The third kappa shape index (κ3) is 3.24. The average Bonchev–Trinajstić information content (AvgIpc) is 2.90. The summed E-state index contributed by atoms with van der Waals surface area (Å²) in [4.78, 5) is 5.88. The second-order valence-corrected chi connectivity index (χ2v) is 5.52. The standard InChI is InChI=1S/C11H15F3N4S/c1-18(8-2-3-19-6-8)10-5-7(11(12,13)14)4-9(16-10)17-15/h4-5,8H,2-3,6,15H2,1H3,(H,16,17). The quantitative estimate of drug-likeness (QED) is 0.661. The molecule has 3 N–H and O–H groups in total. The van der Waals surface area contributed by atoms with Gasteiger partial charge in [-0.1, -0.05) is 0 Å². The second kappa shape index (κ2) is 5.46. The van der Waals surface area contributed by atoms with Gasteiger partial charge in [-0.3, -0.25) is 0 Å². The third-order valence-electron chi connectivity index (χ3n) is 3.10. The number of thioether (sulfide) groups is 1. The minimum absolute atomic E-state index is 0.0160. The molecule has 1 aromatic heterocycles. The Balaban J connectivity index is 2.33. The monoisotopic (exact) mass is 292 g/mol. The molecule has 0 aliphatic carbocycles. The van der Waals surface area contributed by atoms with Crippen LogP contribution in [0.5, 0.6) is 0 Å². The van der Waals surface area contributed by atoms with Gasteiger partial charge in [0.15, 0.2) is 0 Å². The molecule has 2 rings (SSSR count). The Morgan fingerprint density at radius 3 is 2.74 bits per heavy atom. The fourth-order valence-corrected chi connectivity index (χ4v) is 3.22. The van der Waals surface area contributed by atoms with Crippen molar-refractivity contribution < 1.29 is 13.2 Å². The predicted molar refractivity (Wildman–Crippen MR) is 71.2 cm³/mol. The van der Waals surface area contributed by atoms with Crippen LogP contribution in [0.2, 0.25) is 0 Å². The SMILES string of the molecule is CN(c1cc(C(F)(F)F)cc(NN)n1)C1CCSC1. The van der Waals surface area contributed by atoms with Crippen molar-refractivity contribution in [2.45, 2.75) is 18.6 Å². The number of nitrogen functional groups attached to an aromatic ring is 1. The van der Waals surface area contributed by atoms with Gasteiger partial charge >= 0.3 is 6.18 Å². The van der Waals surface area contributed by atoms with Crippen molar-refractivity contribution in [2.24, 2.45) is 5.84 Å². The Morgan fingerprint density at radius 2 is 2.21 bits per heavy atom. The number of nitrogens with one attached hydrogen (secondary N) is 1. The van der Waals surface area contributed by atoms with E-state index in [-0.39, 0.29) is 17.7 Å². The van der Waals surface area contributed by atoms with Crippen LogP contribution in [0.4, 0.5) is 24.8 Å². The Hall–Kier alpha value is -1.15. The number of rotatable bonds is 3. The van der Waals surface area contributed by atoms with E-state index in [0.29, 0.717) is 0 Å². The molecular weight excluding hydrogens is 277 g/mol. The third-order valence-corrected chi connectivity index (χ3v) is 4.25. The van der Waals surface area contributed by atoms with E-state index in [2.05, 4.69) is 10.4 Å². The van der Waals surface area contributed by atoms with Crippen LogP contribution in [0.25, 0.3) is 0 Å². The van der Waals surface area contributed by atoms with Gasteiger partial charge in [-0.25, -0.2) is 10.8 Å². The molecule has 19 heavy (non-hydrogen) atoms. The first-order valence-corrected chi connectivity index (χ1v) is 6.94. The number of aromatic nitrogens is 1. The van der Waals surface area contributed by atoms with Gasteiger partial charge in [0.2, 0.25) is 0 Å². The number of pyridine rings is 1. The van der Waals surface area contributed by atoms with Crippen LogP contribution >= 0.6 is 11.8 Å². The molecule has 106 valence electrons. The van der Waals surface area contributed by atoms with Crippen molar-refractivity contribution in [1.82, 2.24) is 4.98 Å². The first-order chi connectivity index (χ1) is 8.91. The van der Waals surface area contributed by atoms with Crippen LogP contribution in [-0.2, 0) is 6.18 Å². The van der Waals surface area contributed by atoms with Crippen LogP contribution in [0, 0.1) is 0 Å². The Labute approximate surface area is 113 Å². The first kappa shape index (κ1) is 14.3. The average molecular weight is 292 g/mol. The Kier molecular flexibility index (Phi) is 4.10. The van der Waals surface area contributed by atoms with E-state index in [1.54, 1.807) is 23.7 Å². The molecule has 1 aliphatic rings. The highest BCUT2D eigenvalue weighted by molar-refractivity contribution is 7.99. The lowest BCUT2D eigenvalue weighted by molar-refractivity contribution is -0.137. The van der Waals surface area contributed by atoms with Crippen LogP contribution in [0.1, 0.15) is 12.0 Å². The summed E-state index contributed by atoms with van der Waals surface area (Å²) < 4.78 is 38.4. The van der Waals surface area contributed by atoms with Gasteiger partial charge < -0.3 is 10.3 Å². The number of hydrogen-bond acceptors (Lipinski definition) is 5. The zero-order chi connectivity index (χ0) is 14.0. The molecule has 8 heteroatoms. The summed E-state index contributed by atoms with van der Waals surface area (Å²) in [5, 5.41) is 0. The Bertz CT molecular complexity index is 446. The highest BCUT2D eigenvalue weighted by atomic mass is 32.2. The lowest BCUT2D eigenvalue weighted by Crippen LogP contribution is -2.32. The fraction of sp³-hybridized carbons (Fsp3) is 0.545. The maximum atomic E-state index is 12.8. The highest BCUT2D eigenvalue weighted by Gasteiger charge is 2.32. The normalized spacial score (nSPS) is 19.5. The first-order valence-electron chi connectivity index (χ1n) is 5.78. The van der Waals surface area contributed by atoms with Crippen molar-refractivity contribution in [3.8, 4) is 0 Å². The van der Waals surface area contributed by atoms with E-state index in [1.807, 2.05) is 0 Å². The summed E-state index contributed by atoms with van der Waals surface area (Å²) in [5.74, 6) is 7.41. The van der Waals surface area contributed by atoms with Gasteiger partial charge in [0.1, 0.15) is 11.6 Å². The molecule has 1 aromatic rings. The molecule has 2 heterocycles. The van der Waals surface area contributed by atoms with Crippen molar-refractivity contribution in [3.63, 3.8) is 0 Å². The summed E-state index contributed by atoms with van der Waals surface area (Å²) >= 11 is 1.79. The van der Waals surface area contributed by atoms with Gasteiger partial charge in [0, 0.05) is 18.8 Å². The molecule has 1 aliphatic heterocycles. The topological polar surface area (TPSA) is 54.2 Å². The summed E-state index contributed by atoms with van der Waals surface area (Å²) in [6.45, 7) is 0. The van der Waals surface area contributed by atoms with Crippen molar-refractivity contribution in [2.75, 3.05) is 28.9 Å². The molecule has 0 spiro atoms. The molecule has 0 bridgehead atoms. The molecule has 4 nitrogen and oxygen atoms in total. The van der Waals surface area contributed by atoms with Crippen LogP contribution < -0.4 is 16.2 Å². The molecule has 1 saturated heterocycles. The number of alkyl halides is 3. The summed E-state index contributed by atoms with van der Waals surface area (Å²) in [5.41, 5.74) is 1.44. The molecule has 0 radical (unpaired) electrons. The van der Waals surface area contributed by atoms with Crippen LogP contribution in [0.15, 0.2) is 12.1 Å².